The van der Waals surface area contributed by atoms with E-state index in [1.165, 1.54) is 0 Å². The molecule has 0 fully saturated rings. The number of hydrogen-bond donors (Lipinski definition) is 1. The Labute approximate surface area is 132 Å². The number of nitrogens with zero attached hydrogens (tertiary/aromatic N) is 2. The SMILES string of the molecule is CCCNC(Cc1cncc(Br)c1)c1ncccc1Cl. The average Bonchev–Trinajstić information content (AvgIpc) is 2.44. The van der Waals surface area contributed by atoms with Crippen LogP contribution in [-0.2, 0) is 6.42 Å². The molecule has 0 aliphatic rings. The molecule has 3 nitrogen and oxygen atoms in total. The minimum absolute atomic E-state index is 0.0970. The highest BCUT2D eigenvalue weighted by atomic mass is 79.9. The molecule has 0 aromatic carbocycles. The Balaban J connectivity index is 2.22. The van der Waals surface area contributed by atoms with Gasteiger partial charge < -0.3 is 5.32 Å². The first kappa shape index (κ1) is 15.4. The molecular weight excluding hydrogens is 338 g/mol. The van der Waals surface area contributed by atoms with Crippen molar-refractivity contribution in [3.05, 3.63) is 57.5 Å². The lowest BCUT2D eigenvalue weighted by Gasteiger charge is -2.19. The highest BCUT2D eigenvalue weighted by Crippen LogP contribution is 2.24. The van der Waals surface area contributed by atoms with Crippen LogP contribution in [0.5, 0.6) is 0 Å². The van der Waals surface area contributed by atoms with Gasteiger partial charge in [-0.25, -0.2) is 0 Å². The van der Waals surface area contributed by atoms with Crippen LogP contribution in [-0.4, -0.2) is 16.5 Å². The Morgan fingerprint density at radius 3 is 2.95 bits per heavy atom. The lowest BCUT2D eigenvalue weighted by Crippen LogP contribution is -2.25. The van der Waals surface area contributed by atoms with Crippen LogP contribution in [0.4, 0.5) is 0 Å². The zero-order valence-corrected chi connectivity index (χ0v) is 13.7. The molecule has 0 aliphatic heterocycles. The molecule has 2 aromatic heterocycles. The van der Waals surface area contributed by atoms with E-state index in [1.807, 2.05) is 18.3 Å². The Hall–Kier alpha value is -0.970. The maximum Gasteiger partial charge on any atom is 0.0762 e. The summed E-state index contributed by atoms with van der Waals surface area (Å²) in [6.45, 7) is 3.07. The fourth-order valence-electron chi connectivity index (χ4n) is 2.04. The van der Waals surface area contributed by atoms with Crippen LogP contribution in [0.2, 0.25) is 5.02 Å². The fraction of sp³-hybridized carbons (Fsp3) is 0.333. The molecule has 0 aliphatic carbocycles. The minimum Gasteiger partial charge on any atom is -0.308 e. The molecule has 0 radical (unpaired) electrons. The molecule has 5 heteroatoms. The highest BCUT2D eigenvalue weighted by molar-refractivity contribution is 9.10. The summed E-state index contributed by atoms with van der Waals surface area (Å²) in [5.41, 5.74) is 2.04. The van der Waals surface area contributed by atoms with Crippen molar-refractivity contribution in [1.29, 1.82) is 0 Å². The second-order valence-corrected chi connectivity index (χ2v) is 5.92. The molecule has 0 saturated carbocycles. The summed E-state index contributed by atoms with van der Waals surface area (Å²) in [7, 11) is 0. The van der Waals surface area contributed by atoms with Crippen LogP contribution >= 0.6 is 27.5 Å². The molecular formula is C15H17BrClN3. The van der Waals surface area contributed by atoms with Gasteiger partial charge in [0.2, 0.25) is 0 Å². The molecule has 106 valence electrons. The summed E-state index contributed by atoms with van der Waals surface area (Å²) >= 11 is 9.72. The quantitative estimate of drug-likeness (QED) is 0.846. The van der Waals surface area contributed by atoms with E-state index in [1.54, 1.807) is 12.4 Å². The summed E-state index contributed by atoms with van der Waals surface area (Å²) in [5.74, 6) is 0. The van der Waals surface area contributed by atoms with Gasteiger partial charge in [-0.1, -0.05) is 18.5 Å². The Morgan fingerprint density at radius 2 is 2.25 bits per heavy atom. The van der Waals surface area contributed by atoms with Gasteiger partial charge >= 0.3 is 0 Å². The van der Waals surface area contributed by atoms with Crippen molar-refractivity contribution in [2.24, 2.45) is 0 Å². The standard InChI is InChI=1S/C15H17BrClN3/c1-2-5-19-14(15-13(17)4-3-6-20-15)8-11-7-12(16)10-18-9-11/h3-4,6-7,9-10,14,19H,2,5,8H2,1H3. The van der Waals surface area contributed by atoms with Gasteiger partial charge in [-0.05, 0) is 59.1 Å². The van der Waals surface area contributed by atoms with E-state index in [0.29, 0.717) is 5.02 Å². The smallest absolute Gasteiger partial charge is 0.0762 e. The predicted molar refractivity (Wildman–Crippen MR) is 85.9 cm³/mol. The molecule has 2 heterocycles. The highest BCUT2D eigenvalue weighted by Gasteiger charge is 2.16. The molecule has 20 heavy (non-hydrogen) atoms. The van der Waals surface area contributed by atoms with E-state index in [0.717, 1.165) is 35.1 Å². The molecule has 2 aromatic rings. The number of nitrogens with one attached hydrogen (secondary N) is 1. The zero-order chi connectivity index (χ0) is 14.4. The van der Waals surface area contributed by atoms with Gasteiger partial charge in [0.15, 0.2) is 0 Å². The van der Waals surface area contributed by atoms with Crippen LogP contribution in [0.25, 0.3) is 0 Å². The van der Waals surface area contributed by atoms with E-state index in [-0.39, 0.29) is 6.04 Å². The maximum absolute atomic E-state index is 6.27. The van der Waals surface area contributed by atoms with E-state index in [9.17, 15) is 0 Å². The second-order valence-electron chi connectivity index (χ2n) is 4.59. The van der Waals surface area contributed by atoms with Crippen molar-refractivity contribution in [1.82, 2.24) is 15.3 Å². The van der Waals surface area contributed by atoms with Gasteiger partial charge in [0.25, 0.3) is 0 Å². The van der Waals surface area contributed by atoms with Crippen molar-refractivity contribution in [2.75, 3.05) is 6.54 Å². The third kappa shape index (κ3) is 4.27. The van der Waals surface area contributed by atoms with E-state index in [4.69, 9.17) is 11.6 Å². The molecule has 1 N–H and O–H groups in total. The third-order valence-electron chi connectivity index (χ3n) is 2.96. The molecule has 1 atom stereocenters. The van der Waals surface area contributed by atoms with Gasteiger partial charge in [0.1, 0.15) is 0 Å². The fourth-order valence-corrected chi connectivity index (χ4v) is 2.71. The van der Waals surface area contributed by atoms with Crippen molar-refractivity contribution in [3.8, 4) is 0 Å². The first-order valence-electron chi connectivity index (χ1n) is 6.64. The van der Waals surface area contributed by atoms with E-state index < -0.39 is 0 Å². The topological polar surface area (TPSA) is 37.8 Å². The molecule has 2 rings (SSSR count). The van der Waals surface area contributed by atoms with Crippen molar-refractivity contribution < 1.29 is 0 Å². The molecule has 0 bridgehead atoms. The first-order valence-corrected chi connectivity index (χ1v) is 7.81. The lowest BCUT2D eigenvalue weighted by molar-refractivity contribution is 0.517. The van der Waals surface area contributed by atoms with Crippen molar-refractivity contribution in [3.63, 3.8) is 0 Å². The second kappa shape index (κ2) is 7.72. The number of halogens is 2. The summed E-state index contributed by atoms with van der Waals surface area (Å²) in [4.78, 5) is 8.63. The van der Waals surface area contributed by atoms with Gasteiger partial charge in [-0.2, -0.15) is 0 Å². The molecule has 0 spiro atoms. The Morgan fingerprint density at radius 1 is 1.40 bits per heavy atom. The lowest BCUT2D eigenvalue weighted by atomic mass is 10.0. The van der Waals surface area contributed by atoms with E-state index >= 15 is 0 Å². The van der Waals surface area contributed by atoms with Crippen molar-refractivity contribution >= 4 is 27.5 Å². The van der Waals surface area contributed by atoms with Gasteiger partial charge in [0.05, 0.1) is 16.8 Å². The summed E-state index contributed by atoms with van der Waals surface area (Å²) in [6, 6.07) is 5.90. The number of hydrogen-bond acceptors (Lipinski definition) is 3. The number of aromatic nitrogens is 2. The van der Waals surface area contributed by atoms with Crippen LogP contribution in [0.3, 0.4) is 0 Å². The summed E-state index contributed by atoms with van der Waals surface area (Å²) < 4.78 is 0.983. The largest absolute Gasteiger partial charge is 0.308 e. The molecule has 0 amide bonds. The van der Waals surface area contributed by atoms with Crippen LogP contribution < -0.4 is 5.32 Å². The van der Waals surface area contributed by atoms with Gasteiger partial charge in [0, 0.05) is 23.1 Å². The van der Waals surface area contributed by atoms with Crippen LogP contribution in [0.1, 0.15) is 30.6 Å². The normalized spacial score (nSPS) is 12.3. The summed E-state index contributed by atoms with van der Waals surface area (Å²) in [5, 5.41) is 4.20. The summed E-state index contributed by atoms with van der Waals surface area (Å²) in [6.07, 6.45) is 7.32. The van der Waals surface area contributed by atoms with Gasteiger partial charge in [-0.3, -0.25) is 9.97 Å². The third-order valence-corrected chi connectivity index (χ3v) is 3.71. The molecule has 0 saturated heterocycles. The monoisotopic (exact) mass is 353 g/mol. The first-order chi connectivity index (χ1) is 9.70. The van der Waals surface area contributed by atoms with Crippen LogP contribution in [0, 0.1) is 0 Å². The minimum atomic E-state index is 0.0970. The van der Waals surface area contributed by atoms with E-state index in [2.05, 4.69) is 44.2 Å². The van der Waals surface area contributed by atoms with Gasteiger partial charge in [-0.15, -0.1) is 0 Å². The Kier molecular flexibility index (Phi) is 5.95. The Bertz CT molecular complexity index is 562. The average molecular weight is 355 g/mol. The molecule has 1 unspecified atom stereocenters. The van der Waals surface area contributed by atoms with Crippen LogP contribution in [0.15, 0.2) is 41.3 Å². The van der Waals surface area contributed by atoms with Crippen molar-refractivity contribution in [2.45, 2.75) is 25.8 Å². The maximum atomic E-state index is 6.27. The number of rotatable bonds is 6. The zero-order valence-electron chi connectivity index (χ0n) is 11.3. The number of pyridine rings is 2. The predicted octanol–water partition coefficient (Wildman–Crippen LogP) is 4.18.